The maximum Gasteiger partial charge on any atom is 0.417 e. The highest BCUT2D eigenvalue weighted by molar-refractivity contribution is 5.68. The molecule has 3 heterocycles. The normalized spacial score (nSPS) is 23.3. The Bertz CT molecular complexity index is 1340. The van der Waals surface area contributed by atoms with Gasteiger partial charge in [-0.2, -0.15) is 18.4 Å². The summed E-state index contributed by atoms with van der Waals surface area (Å²) in [7, 11) is 0. The number of nitrogens with zero attached hydrogens (tertiary/aromatic N) is 3. The molecule has 6 rings (SSSR count). The van der Waals surface area contributed by atoms with Gasteiger partial charge in [-0.3, -0.25) is 0 Å². The van der Waals surface area contributed by atoms with Crippen molar-refractivity contribution < 1.29 is 26.8 Å². The molecule has 0 radical (unpaired) electrons. The van der Waals surface area contributed by atoms with Crippen LogP contribution in [-0.4, -0.2) is 23.3 Å². The summed E-state index contributed by atoms with van der Waals surface area (Å²) < 4.78 is 67.3. The van der Waals surface area contributed by atoms with E-state index in [0.717, 1.165) is 50.3 Å². The van der Waals surface area contributed by atoms with E-state index >= 15 is 0 Å². The zero-order chi connectivity index (χ0) is 25.7. The average Bonchev–Trinajstić information content (AvgIpc) is 3.58. The average molecular weight is 512 g/mol. The molecule has 3 atom stereocenters. The summed E-state index contributed by atoms with van der Waals surface area (Å²) in [6.07, 6.45) is 0.633. The summed E-state index contributed by atoms with van der Waals surface area (Å²) in [6, 6.07) is 12.4. The molecule has 9 heteroatoms. The lowest BCUT2D eigenvalue weighted by atomic mass is 9.97. The van der Waals surface area contributed by atoms with Gasteiger partial charge in [-0.1, -0.05) is 23.4 Å². The van der Waals surface area contributed by atoms with Gasteiger partial charge in [0.2, 0.25) is 0 Å². The lowest BCUT2D eigenvalue weighted by molar-refractivity contribution is -0.137. The predicted octanol–water partition coefficient (Wildman–Crippen LogP) is 6.97. The maximum absolute atomic E-state index is 14.3. The quantitative estimate of drug-likeness (QED) is 0.335. The minimum absolute atomic E-state index is 0.00183. The van der Waals surface area contributed by atoms with Crippen LogP contribution in [0.15, 0.2) is 47.0 Å². The minimum Gasteiger partial charge on any atom is -0.373 e. The smallest absolute Gasteiger partial charge is 0.373 e. The number of alkyl halides is 3. The van der Waals surface area contributed by atoms with Crippen LogP contribution in [-0.2, 0) is 17.5 Å². The van der Waals surface area contributed by atoms with E-state index in [1.807, 2.05) is 6.07 Å². The standard InChI is InChI=1S/C28H25F4N3O2/c29-25-13-20(8-7-17(25)14-33)35-18-9-10-19(35)12-21(11-18)36-15-23-26(34-37-27(23)16-5-6-16)22-3-1-2-4-24(22)28(30,31)32/h1-4,7-8,13,16,18-19,21H,5-6,9-12,15H2/t18-,19+,21?. The zero-order valence-electron chi connectivity index (χ0n) is 20.0. The SMILES string of the molecule is N#Cc1ccc(N2[C@@H]3CC[C@H]2CC(OCc2c(-c4ccccc4C(F)(F)F)noc2C2CC2)C3)cc1F. The Morgan fingerprint density at radius 3 is 2.43 bits per heavy atom. The summed E-state index contributed by atoms with van der Waals surface area (Å²) in [5.74, 6) is 0.271. The largest absolute Gasteiger partial charge is 0.417 e. The Kier molecular flexibility index (Phi) is 5.95. The van der Waals surface area contributed by atoms with E-state index in [-0.39, 0.29) is 47.5 Å². The number of piperidine rings is 1. The molecule has 0 amide bonds. The van der Waals surface area contributed by atoms with Crippen molar-refractivity contribution in [3.8, 4) is 17.3 Å². The molecule has 0 N–H and O–H groups in total. The first kappa shape index (κ1) is 24.0. The second kappa shape index (κ2) is 9.18. The van der Waals surface area contributed by atoms with Gasteiger partial charge in [-0.15, -0.1) is 0 Å². The first-order valence-corrected chi connectivity index (χ1v) is 12.6. The van der Waals surface area contributed by atoms with Crippen molar-refractivity contribution in [3.05, 3.63) is 70.7 Å². The fourth-order valence-electron chi connectivity index (χ4n) is 5.92. The molecule has 192 valence electrons. The zero-order valence-corrected chi connectivity index (χ0v) is 20.0. The molecule has 3 fully saturated rings. The molecular formula is C28H25F4N3O2. The highest BCUT2D eigenvalue weighted by Gasteiger charge is 2.42. The third-order valence-electron chi connectivity index (χ3n) is 7.78. The first-order valence-electron chi connectivity index (χ1n) is 12.6. The monoisotopic (exact) mass is 511 g/mol. The van der Waals surface area contributed by atoms with Crippen molar-refractivity contribution in [2.75, 3.05) is 4.90 Å². The van der Waals surface area contributed by atoms with Gasteiger partial charge in [0, 0.05) is 34.8 Å². The summed E-state index contributed by atoms with van der Waals surface area (Å²) in [5, 5.41) is 13.1. The van der Waals surface area contributed by atoms with E-state index in [0.29, 0.717) is 11.3 Å². The molecule has 2 bridgehead atoms. The molecule has 3 aliphatic rings. The fourth-order valence-corrected chi connectivity index (χ4v) is 5.92. The molecular weight excluding hydrogens is 486 g/mol. The Hall–Kier alpha value is -3.38. The maximum atomic E-state index is 14.3. The Morgan fingerprint density at radius 2 is 1.78 bits per heavy atom. The molecule has 37 heavy (non-hydrogen) atoms. The van der Waals surface area contributed by atoms with Gasteiger partial charge >= 0.3 is 6.18 Å². The van der Waals surface area contributed by atoms with Gasteiger partial charge in [-0.25, -0.2) is 4.39 Å². The van der Waals surface area contributed by atoms with E-state index in [1.54, 1.807) is 12.1 Å². The number of hydrogen-bond donors (Lipinski definition) is 0. The molecule has 2 aromatic carbocycles. The Labute approximate surface area is 211 Å². The van der Waals surface area contributed by atoms with Crippen molar-refractivity contribution in [1.29, 1.82) is 5.26 Å². The van der Waals surface area contributed by atoms with Crippen molar-refractivity contribution >= 4 is 5.69 Å². The molecule has 0 spiro atoms. The van der Waals surface area contributed by atoms with Gasteiger partial charge in [0.15, 0.2) is 0 Å². The lowest BCUT2D eigenvalue weighted by Crippen LogP contribution is -2.45. The second-order valence-electron chi connectivity index (χ2n) is 10.2. The highest BCUT2D eigenvalue weighted by Crippen LogP contribution is 2.47. The molecule has 2 saturated heterocycles. The van der Waals surface area contributed by atoms with E-state index < -0.39 is 17.6 Å². The van der Waals surface area contributed by atoms with E-state index in [4.69, 9.17) is 14.5 Å². The topological polar surface area (TPSA) is 62.3 Å². The fraction of sp³-hybridized carbons (Fsp3) is 0.429. The summed E-state index contributed by atoms with van der Waals surface area (Å²) in [5.41, 5.74) is 0.849. The van der Waals surface area contributed by atoms with Crippen LogP contribution in [0.4, 0.5) is 23.2 Å². The number of nitriles is 1. The van der Waals surface area contributed by atoms with Crippen LogP contribution < -0.4 is 4.90 Å². The third-order valence-corrected chi connectivity index (χ3v) is 7.78. The number of halogens is 4. The van der Waals surface area contributed by atoms with E-state index in [1.165, 1.54) is 24.3 Å². The van der Waals surface area contributed by atoms with Crippen LogP contribution in [0.5, 0.6) is 0 Å². The van der Waals surface area contributed by atoms with Crippen LogP contribution in [0.25, 0.3) is 11.3 Å². The van der Waals surface area contributed by atoms with Crippen LogP contribution in [0.1, 0.15) is 66.9 Å². The number of hydrogen-bond acceptors (Lipinski definition) is 5. The summed E-state index contributed by atoms with van der Waals surface area (Å²) in [4.78, 5) is 2.23. The van der Waals surface area contributed by atoms with Gasteiger partial charge < -0.3 is 14.2 Å². The third kappa shape index (κ3) is 4.48. The van der Waals surface area contributed by atoms with Crippen molar-refractivity contribution in [2.45, 2.75) is 75.4 Å². The number of aromatic nitrogens is 1. The molecule has 5 nitrogen and oxygen atoms in total. The van der Waals surface area contributed by atoms with Crippen LogP contribution in [0.3, 0.4) is 0 Å². The lowest BCUT2D eigenvalue weighted by Gasteiger charge is -2.40. The number of fused-ring (bicyclic) bond motifs is 2. The molecule has 2 aliphatic heterocycles. The van der Waals surface area contributed by atoms with Gasteiger partial charge in [0.25, 0.3) is 0 Å². The molecule has 1 aliphatic carbocycles. The molecule has 3 aromatic rings. The predicted molar refractivity (Wildman–Crippen MR) is 127 cm³/mol. The number of benzene rings is 2. The summed E-state index contributed by atoms with van der Waals surface area (Å²) >= 11 is 0. The van der Waals surface area contributed by atoms with Crippen LogP contribution in [0, 0.1) is 17.1 Å². The van der Waals surface area contributed by atoms with E-state index in [9.17, 15) is 17.6 Å². The Balaban J connectivity index is 1.22. The molecule has 1 saturated carbocycles. The van der Waals surface area contributed by atoms with Crippen molar-refractivity contribution in [3.63, 3.8) is 0 Å². The van der Waals surface area contributed by atoms with Gasteiger partial charge in [-0.05, 0) is 62.8 Å². The Morgan fingerprint density at radius 1 is 1.05 bits per heavy atom. The van der Waals surface area contributed by atoms with Crippen LogP contribution in [0.2, 0.25) is 0 Å². The van der Waals surface area contributed by atoms with Crippen molar-refractivity contribution in [2.24, 2.45) is 0 Å². The number of anilines is 1. The van der Waals surface area contributed by atoms with Crippen LogP contribution >= 0.6 is 0 Å². The first-order chi connectivity index (χ1) is 17.8. The molecule has 1 unspecified atom stereocenters. The summed E-state index contributed by atoms with van der Waals surface area (Å²) in [6.45, 7) is 0.131. The van der Waals surface area contributed by atoms with E-state index in [2.05, 4.69) is 10.1 Å². The highest BCUT2D eigenvalue weighted by atomic mass is 19.4. The second-order valence-corrected chi connectivity index (χ2v) is 10.2. The number of rotatable bonds is 6. The minimum atomic E-state index is -4.51. The van der Waals surface area contributed by atoms with Crippen molar-refractivity contribution in [1.82, 2.24) is 5.16 Å². The number of ether oxygens (including phenoxy) is 1. The molecule has 1 aromatic heterocycles. The van der Waals surface area contributed by atoms with Gasteiger partial charge in [0.1, 0.15) is 23.3 Å². The van der Waals surface area contributed by atoms with Gasteiger partial charge in [0.05, 0.1) is 23.8 Å².